The van der Waals surface area contributed by atoms with Gasteiger partial charge >= 0.3 is 0 Å². The molecule has 1 aliphatic carbocycles. The van der Waals surface area contributed by atoms with E-state index in [1.54, 1.807) is 11.1 Å². The third kappa shape index (κ3) is 3.53. The van der Waals surface area contributed by atoms with E-state index < -0.39 is 17.5 Å². The molecule has 0 spiro atoms. The summed E-state index contributed by atoms with van der Waals surface area (Å²) in [5.41, 5.74) is 1.70. The van der Waals surface area contributed by atoms with Crippen LogP contribution in [0, 0.1) is 17.5 Å². The van der Waals surface area contributed by atoms with Crippen LogP contribution < -0.4 is 19.9 Å². The van der Waals surface area contributed by atoms with E-state index >= 15 is 0 Å². The van der Waals surface area contributed by atoms with Crippen molar-refractivity contribution in [3.63, 3.8) is 0 Å². The molecule has 6 nitrogen and oxygen atoms in total. The van der Waals surface area contributed by atoms with Crippen molar-refractivity contribution < 1.29 is 22.7 Å². The fourth-order valence-corrected chi connectivity index (χ4v) is 3.83. The van der Waals surface area contributed by atoms with Crippen molar-refractivity contribution in [3.05, 3.63) is 41.8 Å². The van der Waals surface area contributed by atoms with E-state index in [-0.39, 0.29) is 29.8 Å². The molecule has 1 aromatic carbocycles. The Hall–Kier alpha value is -2.97. The Morgan fingerprint density at radius 3 is 2.47 bits per heavy atom. The summed E-state index contributed by atoms with van der Waals surface area (Å²) in [4.78, 5) is 20.5. The van der Waals surface area contributed by atoms with Gasteiger partial charge in [-0.3, -0.25) is 4.79 Å². The molecule has 1 amide bonds. The normalized spacial score (nSPS) is 23.1. The Morgan fingerprint density at radius 2 is 1.83 bits per heavy atom. The summed E-state index contributed by atoms with van der Waals surface area (Å²) in [6.07, 6.45) is 2.70. The summed E-state index contributed by atoms with van der Waals surface area (Å²) in [7, 11) is 1.88. The third-order valence-corrected chi connectivity index (χ3v) is 5.76. The molecule has 1 saturated carbocycles. The summed E-state index contributed by atoms with van der Waals surface area (Å²) < 4.78 is 45.2. The first-order chi connectivity index (χ1) is 14.3. The molecule has 160 valence electrons. The number of pyridine rings is 1. The van der Waals surface area contributed by atoms with Gasteiger partial charge in [0.15, 0.2) is 17.5 Å². The smallest absolute Gasteiger partial charge is 0.249 e. The zero-order chi connectivity index (χ0) is 21.6. The molecular weight excluding hydrogens is 397 g/mol. The molecule has 2 aromatic rings. The number of rotatable bonds is 5. The topological polar surface area (TPSA) is 57.7 Å². The fourth-order valence-electron chi connectivity index (χ4n) is 3.83. The number of ether oxygens (including phenoxy) is 1. The van der Waals surface area contributed by atoms with Crippen LogP contribution in [0.25, 0.3) is 0 Å². The molecule has 4 rings (SSSR count). The van der Waals surface area contributed by atoms with Gasteiger partial charge in [-0.25, -0.2) is 18.2 Å². The maximum atomic E-state index is 13.3. The lowest BCUT2D eigenvalue weighted by Crippen LogP contribution is -2.50. The van der Waals surface area contributed by atoms with Gasteiger partial charge in [-0.2, -0.15) is 0 Å². The van der Waals surface area contributed by atoms with Crippen LogP contribution in [0.5, 0.6) is 5.75 Å². The van der Waals surface area contributed by atoms with Gasteiger partial charge in [0, 0.05) is 50.7 Å². The molecule has 1 aliphatic heterocycles. The van der Waals surface area contributed by atoms with E-state index in [9.17, 15) is 18.0 Å². The maximum Gasteiger partial charge on any atom is 0.249 e. The number of fused-ring (bicyclic) bond motifs is 1. The number of amides is 1. The highest BCUT2D eigenvalue weighted by molar-refractivity contribution is 6.05. The zero-order valence-corrected chi connectivity index (χ0v) is 17.0. The van der Waals surface area contributed by atoms with Crippen molar-refractivity contribution in [1.82, 2.24) is 4.98 Å². The standard InChI is InChI=1S/C21H23F3N4O2/c1-4-28-18-10-25-19(9-17(18)27(3)11(2)21(28)29)26-12-5-13(6-12)30-14-7-15(22)20(24)16(23)8-14/h7-13H,4-6H2,1-3H3,(H,25,26)/t11?,12-,13-. The second-order valence-electron chi connectivity index (χ2n) is 7.68. The van der Waals surface area contributed by atoms with E-state index in [1.807, 2.05) is 31.9 Å². The second kappa shape index (κ2) is 7.70. The van der Waals surface area contributed by atoms with Gasteiger partial charge < -0.3 is 19.9 Å². The number of nitrogens with zero attached hydrogens (tertiary/aromatic N) is 3. The average Bonchev–Trinajstić information content (AvgIpc) is 2.69. The van der Waals surface area contributed by atoms with Crippen LogP contribution in [-0.4, -0.2) is 42.7 Å². The SMILES string of the molecule is CCN1C(=O)C(C)N(C)c2cc(N[C@H]3C[C@H](Oc4cc(F)c(F)c(F)c4)C3)ncc21. The number of benzene rings is 1. The molecular formula is C21H23F3N4O2. The summed E-state index contributed by atoms with van der Waals surface area (Å²) in [5, 5.41) is 3.33. The second-order valence-corrected chi connectivity index (χ2v) is 7.68. The molecule has 0 bridgehead atoms. The minimum Gasteiger partial charge on any atom is -0.490 e. The van der Waals surface area contributed by atoms with Gasteiger partial charge in [0.2, 0.25) is 5.91 Å². The van der Waals surface area contributed by atoms with E-state index in [2.05, 4.69) is 10.3 Å². The van der Waals surface area contributed by atoms with Gasteiger partial charge in [-0.1, -0.05) is 0 Å². The predicted molar refractivity (Wildman–Crippen MR) is 108 cm³/mol. The quantitative estimate of drug-likeness (QED) is 0.748. The summed E-state index contributed by atoms with van der Waals surface area (Å²) in [5.74, 6) is -3.34. The van der Waals surface area contributed by atoms with E-state index in [4.69, 9.17) is 4.74 Å². The van der Waals surface area contributed by atoms with Crippen molar-refractivity contribution in [2.24, 2.45) is 0 Å². The Bertz CT molecular complexity index is 958. The van der Waals surface area contributed by atoms with Crippen LogP contribution in [0.4, 0.5) is 30.4 Å². The highest BCUT2D eigenvalue weighted by Gasteiger charge is 2.35. The highest BCUT2D eigenvalue weighted by Crippen LogP contribution is 2.37. The van der Waals surface area contributed by atoms with E-state index in [0.29, 0.717) is 25.2 Å². The number of anilines is 3. The van der Waals surface area contributed by atoms with Crippen molar-refractivity contribution in [2.45, 2.75) is 44.9 Å². The molecule has 1 aromatic heterocycles. The number of hydrogen-bond donors (Lipinski definition) is 1. The average molecular weight is 420 g/mol. The molecule has 9 heteroatoms. The number of hydrogen-bond acceptors (Lipinski definition) is 5. The molecule has 1 N–H and O–H groups in total. The van der Waals surface area contributed by atoms with Crippen molar-refractivity contribution in [2.75, 3.05) is 28.7 Å². The third-order valence-electron chi connectivity index (χ3n) is 5.76. The Kier molecular flexibility index (Phi) is 5.21. The van der Waals surface area contributed by atoms with Gasteiger partial charge in [0.1, 0.15) is 23.7 Å². The molecule has 1 fully saturated rings. The van der Waals surface area contributed by atoms with E-state index in [0.717, 1.165) is 23.5 Å². The van der Waals surface area contributed by atoms with Crippen LogP contribution in [0.2, 0.25) is 0 Å². The maximum absolute atomic E-state index is 13.3. The lowest BCUT2D eigenvalue weighted by atomic mass is 9.89. The first-order valence-electron chi connectivity index (χ1n) is 9.90. The number of halogens is 3. The highest BCUT2D eigenvalue weighted by atomic mass is 19.2. The van der Waals surface area contributed by atoms with E-state index in [1.165, 1.54) is 0 Å². The molecule has 2 heterocycles. The predicted octanol–water partition coefficient (Wildman–Crippen LogP) is 3.71. The lowest BCUT2D eigenvalue weighted by Gasteiger charge is -2.40. The van der Waals surface area contributed by atoms with Gasteiger partial charge in [0.05, 0.1) is 17.6 Å². The first-order valence-corrected chi connectivity index (χ1v) is 9.90. The first kappa shape index (κ1) is 20.3. The molecule has 0 saturated heterocycles. The minimum absolute atomic E-state index is 0.0262. The molecule has 1 atom stereocenters. The van der Waals surface area contributed by atoms with Crippen LogP contribution in [0.1, 0.15) is 26.7 Å². The monoisotopic (exact) mass is 420 g/mol. The van der Waals surface area contributed by atoms with Crippen LogP contribution in [-0.2, 0) is 4.79 Å². The number of nitrogens with one attached hydrogen (secondary N) is 1. The summed E-state index contributed by atoms with van der Waals surface area (Å²) in [6, 6.07) is 3.45. The Balaban J connectivity index is 1.39. The Morgan fingerprint density at radius 1 is 1.17 bits per heavy atom. The fraction of sp³-hybridized carbons (Fsp3) is 0.429. The van der Waals surface area contributed by atoms with Gasteiger partial charge in [-0.15, -0.1) is 0 Å². The largest absolute Gasteiger partial charge is 0.490 e. The molecule has 30 heavy (non-hydrogen) atoms. The minimum atomic E-state index is -1.50. The summed E-state index contributed by atoms with van der Waals surface area (Å²) in [6.45, 7) is 4.38. The van der Waals surface area contributed by atoms with Crippen LogP contribution in [0.15, 0.2) is 24.4 Å². The number of likely N-dealkylation sites (N-methyl/N-ethyl adjacent to an activating group) is 2. The number of carbonyl (C=O) groups is 1. The molecule has 0 radical (unpaired) electrons. The van der Waals surface area contributed by atoms with Crippen LogP contribution >= 0.6 is 0 Å². The summed E-state index contributed by atoms with van der Waals surface area (Å²) >= 11 is 0. The molecule has 1 unspecified atom stereocenters. The van der Waals surface area contributed by atoms with Crippen LogP contribution in [0.3, 0.4) is 0 Å². The number of carbonyl (C=O) groups excluding carboxylic acids is 1. The zero-order valence-electron chi connectivity index (χ0n) is 17.0. The van der Waals surface area contributed by atoms with Gasteiger partial charge in [-0.05, 0) is 13.8 Å². The molecule has 2 aliphatic rings. The van der Waals surface area contributed by atoms with Crippen molar-refractivity contribution in [1.29, 1.82) is 0 Å². The van der Waals surface area contributed by atoms with Crippen molar-refractivity contribution in [3.8, 4) is 5.75 Å². The Labute approximate surface area is 172 Å². The lowest BCUT2D eigenvalue weighted by molar-refractivity contribution is -0.119. The van der Waals surface area contributed by atoms with Gasteiger partial charge in [0.25, 0.3) is 0 Å². The number of aromatic nitrogens is 1. The van der Waals surface area contributed by atoms with Crippen molar-refractivity contribution >= 4 is 23.1 Å².